The van der Waals surface area contributed by atoms with Crippen molar-refractivity contribution in [2.24, 2.45) is 4.99 Å². The molecule has 2 rings (SSSR count). The fraction of sp³-hybridized carbons (Fsp3) is 0.526. The summed E-state index contributed by atoms with van der Waals surface area (Å²) in [5.74, 6) is 3.16. The van der Waals surface area contributed by atoms with Crippen LogP contribution in [0.5, 0.6) is 0 Å². The van der Waals surface area contributed by atoms with Gasteiger partial charge in [-0.2, -0.15) is 4.98 Å². The minimum Gasteiger partial charge on any atom is -0.357 e. The summed E-state index contributed by atoms with van der Waals surface area (Å²) in [5, 5.41) is 10.5. The Morgan fingerprint density at radius 2 is 2.00 bits per heavy atom. The van der Waals surface area contributed by atoms with Gasteiger partial charge in [-0.15, -0.1) is 35.7 Å². The fourth-order valence-corrected chi connectivity index (χ4v) is 3.05. The van der Waals surface area contributed by atoms with E-state index in [9.17, 15) is 4.39 Å². The molecule has 0 saturated carbocycles. The molecule has 1 heterocycles. The smallest absolute Gasteiger partial charge is 0.228 e. The van der Waals surface area contributed by atoms with E-state index >= 15 is 0 Å². The lowest BCUT2D eigenvalue weighted by atomic mass is 10.2. The highest BCUT2D eigenvalue weighted by Crippen LogP contribution is 2.18. The number of rotatable bonds is 10. The van der Waals surface area contributed by atoms with Crippen LogP contribution in [0, 0.1) is 5.82 Å². The van der Waals surface area contributed by atoms with Gasteiger partial charge in [0.25, 0.3) is 0 Å². The molecule has 2 aromatic rings. The summed E-state index contributed by atoms with van der Waals surface area (Å²) in [6.45, 7) is 8.31. The lowest BCUT2D eigenvalue weighted by molar-refractivity contribution is 0.371. The summed E-state index contributed by atoms with van der Waals surface area (Å²) < 4.78 is 18.1. The normalized spacial score (nSPS) is 11.4. The number of aromatic nitrogens is 2. The number of hydrogen-bond acceptors (Lipinski definition) is 5. The standard InChI is InChI=1S/C19H28FN5OS.HI/c1-4-21-19(23-12-10-17-24-18(14(2)3)25-26-17)22-11-5-13-27-16-8-6-15(20)7-9-16;/h6-9,14H,4-5,10-13H2,1-3H3,(H2,21,22,23);1H. The number of halogens is 2. The Kier molecular flexibility index (Phi) is 12.1. The molecule has 0 amide bonds. The molecule has 1 aromatic heterocycles. The van der Waals surface area contributed by atoms with E-state index in [1.54, 1.807) is 23.9 Å². The van der Waals surface area contributed by atoms with E-state index in [-0.39, 0.29) is 35.7 Å². The summed E-state index contributed by atoms with van der Waals surface area (Å²) in [6.07, 6.45) is 1.60. The van der Waals surface area contributed by atoms with Crippen molar-refractivity contribution in [3.8, 4) is 0 Å². The summed E-state index contributed by atoms with van der Waals surface area (Å²) >= 11 is 1.71. The van der Waals surface area contributed by atoms with Crippen molar-refractivity contribution >= 4 is 41.7 Å². The molecule has 0 aliphatic heterocycles. The van der Waals surface area contributed by atoms with Gasteiger partial charge in [-0.05, 0) is 43.4 Å². The number of nitrogens with one attached hydrogen (secondary N) is 2. The molecule has 9 heteroatoms. The largest absolute Gasteiger partial charge is 0.357 e. The molecule has 0 aliphatic rings. The maximum atomic E-state index is 12.9. The van der Waals surface area contributed by atoms with Gasteiger partial charge >= 0.3 is 0 Å². The zero-order chi connectivity index (χ0) is 19.5. The first-order valence-electron chi connectivity index (χ1n) is 9.31. The number of aliphatic imine (C=N–C) groups is 1. The van der Waals surface area contributed by atoms with Gasteiger partial charge in [0.05, 0.1) is 0 Å². The van der Waals surface area contributed by atoms with Crippen LogP contribution >= 0.6 is 35.7 Å². The number of nitrogens with zero attached hydrogens (tertiary/aromatic N) is 3. The zero-order valence-electron chi connectivity index (χ0n) is 16.6. The minimum absolute atomic E-state index is 0. The summed E-state index contributed by atoms with van der Waals surface area (Å²) in [5.41, 5.74) is 0. The van der Waals surface area contributed by atoms with E-state index in [4.69, 9.17) is 4.52 Å². The first kappa shape index (κ1) is 24.7. The first-order valence-corrected chi connectivity index (χ1v) is 10.3. The monoisotopic (exact) mass is 521 g/mol. The van der Waals surface area contributed by atoms with Crippen LogP contribution in [0.25, 0.3) is 0 Å². The van der Waals surface area contributed by atoms with E-state index in [1.165, 1.54) is 12.1 Å². The summed E-state index contributed by atoms with van der Waals surface area (Å²) in [4.78, 5) is 10.0. The maximum absolute atomic E-state index is 12.9. The van der Waals surface area contributed by atoms with Crippen molar-refractivity contribution < 1.29 is 8.91 Å². The molecule has 0 unspecified atom stereocenters. The van der Waals surface area contributed by atoms with Gasteiger partial charge in [0.2, 0.25) is 5.89 Å². The Hall–Kier alpha value is -1.36. The molecular weight excluding hydrogens is 492 g/mol. The second kappa shape index (κ2) is 13.8. The Labute approximate surface area is 187 Å². The number of guanidine groups is 1. The molecule has 0 spiro atoms. The molecule has 0 saturated heterocycles. The van der Waals surface area contributed by atoms with Crippen LogP contribution < -0.4 is 10.6 Å². The Bertz CT molecular complexity index is 709. The third-order valence-electron chi connectivity index (χ3n) is 3.63. The zero-order valence-corrected chi connectivity index (χ0v) is 19.7. The van der Waals surface area contributed by atoms with E-state index in [0.29, 0.717) is 18.9 Å². The van der Waals surface area contributed by atoms with E-state index in [2.05, 4.69) is 25.8 Å². The van der Waals surface area contributed by atoms with Crippen LogP contribution in [0.15, 0.2) is 38.7 Å². The minimum atomic E-state index is -0.203. The van der Waals surface area contributed by atoms with Gasteiger partial charge in [0.1, 0.15) is 5.82 Å². The van der Waals surface area contributed by atoms with Gasteiger partial charge in [-0.1, -0.05) is 19.0 Å². The van der Waals surface area contributed by atoms with Crippen LogP contribution in [-0.2, 0) is 6.42 Å². The van der Waals surface area contributed by atoms with Crippen molar-refractivity contribution in [1.29, 1.82) is 0 Å². The third-order valence-corrected chi connectivity index (χ3v) is 4.73. The highest BCUT2D eigenvalue weighted by molar-refractivity contribution is 14.0. The Morgan fingerprint density at radius 1 is 1.25 bits per heavy atom. The van der Waals surface area contributed by atoms with Gasteiger partial charge < -0.3 is 15.2 Å². The molecule has 0 aliphatic carbocycles. The molecule has 6 nitrogen and oxygen atoms in total. The highest BCUT2D eigenvalue weighted by atomic mass is 127. The van der Waals surface area contributed by atoms with Crippen LogP contribution in [0.2, 0.25) is 0 Å². The fourth-order valence-electron chi connectivity index (χ4n) is 2.21. The summed E-state index contributed by atoms with van der Waals surface area (Å²) in [6, 6.07) is 6.58. The lowest BCUT2D eigenvalue weighted by Crippen LogP contribution is -2.38. The van der Waals surface area contributed by atoms with Gasteiger partial charge in [0.15, 0.2) is 11.8 Å². The SMILES string of the molecule is CCNC(=NCCCSc1ccc(F)cc1)NCCc1nc(C(C)C)no1.I. The predicted molar refractivity (Wildman–Crippen MR) is 123 cm³/mol. The van der Waals surface area contributed by atoms with Crippen molar-refractivity contribution in [3.05, 3.63) is 41.8 Å². The second-order valence-electron chi connectivity index (χ2n) is 6.29. The van der Waals surface area contributed by atoms with Crippen molar-refractivity contribution in [2.45, 2.75) is 44.4 Å². The topological polar surface area (TPSA) is 75.3 Å². The third kappa shape index (κ3) is 9.22. The molecule has 0 bridgehead atoms. The first-order chi connectivity index (χ1) is 13.1. The number of thioether (sulfide) groups is 1. The highest BCUT2D eigenvalue weighted by Gasteiger charge is 2.09. The summed E-state index contributed by atoms with van der Waals surface area (Å²) in [7, 11) is 0. The number of hydrogen-bond donors (Lipinski definition) is 2. The average molecular weight is 521 g/mol. The van der Waals surface area contributed by atoms with Gasteiger partial charge in [-0.25, -0.2) is 4.39 Å². The van der Waals surface area contributed by atoms with Crippen molar-refractivity contribution in [2.75, 3.05) is 25.4 Å². The average Bonchev–Trinajstić information content (AvgIpc) is 3.12. The van der Waals surface area contributed by atoms with Gasteiger partial charge in [0, 0.05) is 36.9 Å². The predicted octanol–water partition coefficient (Wildman–Crippen LogP) is 4.23. The molecule has 0 radical (unpaired) electrons. The number of benzene rings is 1. The van der Waals surface area contributed by atoms with Crippen LogP contribution in [0.1, 0.15) is 44.8 Å². The lowest BCUT2D eigenvalue weighted by Gasteiger charge is -2.10. The van der Waals surface area contributed by atoms with Crippen molar-refractivity contribution in [1.82, 2.24) is 20.8 Å². The Balaban J connectivity index is 0.00000392. The van der Waals surface area contributed by atoms with E-state index < -0.39 is 0 Å². The van der Waals surface area contributed by atoms with Crippen LogP contribution in [0.3, 0.4) is 0 Å². The quantitative estimate of drug-likeness (QED) is 0.160. The second-order valence-corrected chi connectivity index (χ2v) is 7.46. The van der Waals surface area contributed by atoms with Crippen LogP contribution in [0.4, 0.5) is 4.39 Å². The molecule has 2 N–H and O–H groups in total. The van der Waals surface area contributed by atoms with E-state index in [1.807, 2.05) is 20.8 Å². The molecule has 156 valence electrons. The van der Waals surface area contributed by atoms with Crippen molar-refractivity contribution in [3.63, 3.8) is 0 Å². The van der Waals surface area contributed by atoms with E-state index in [0.717, 1.165) is 41.9 Å². The molecule has 0 atom stereocenters. The van der Waals surface area contributed by atoms with Gasteiger partial charge in [-0.3, -0.25) is 4.99 Å². The molecule has 1 aromatic carbocycles. The molecule has 0 fully saturated rings. The molecular formula is C19H29FIN5OS. The maximum Gasteiger partial charge on any atom is 0.228 e. The van der Waals surface area contributed by atoms with Crippen LogP contribution in [-0.4, -0.2) is 41.5 Å². The molecule has 28 heavy (non-hydrogen) atoms. The Morgan fingerprint density at radius 3 is 2.64 bits per heavy atom.